The minimum Gasteiger partial charge on any atom is -0.467 e. The van der Waals surface area contributed by atoms with Crippen molar-refractivity contribution in [2.24, 2.45) is 4.40 Å². The highest BCUT2D eigenvalue weighted by molar-refractivity contribution is 7.90. The van der Waals surface area contributed by atoms with E-state index >= 15 is 0 Å². The minimum atomic E-state index is -4.37. The van der Waals surface area contributed by atoms with Gasteiger partial charge in [-0.2, -0.15) is 8.42 Å². The van der Waals surface area contributed by atoms with Crippen molar-refractivity contribution in [3.8, 4) is 0 Å². The van der Waals surface area contributed by atoms with Gasteiger partial charge >= 0.3 is 5.97 Å². The summed E-state index contributed by atoms with van der Waals surface area (Å²) >= 11 is 0. The summed E-state index contributed by atoms with van der Waals surface area (Å²) in [5.41, 5.74) is -2.12. The van der Waals surface area contributed by atoms with Crippen LogP contribution in [0.3, 0.4) is 0 Å². The Morgan fingerprint density at radius 2 is 1.73 bits per heavy atom. The van der Waals surface area contributed by atoms with Gasteiger partial charge in [0.05, 0.1) is 11.2 Å². The van der Waals surface area contributed by atoms with E-state index in [2.05, 4.69) is 4.40 Å². The number of rotatable bonds is 7. The molecule has 3 atom stereocenters. The Kier molecular flexibility index (Phi) is 8.02. The number of esters is 1. The molecule has 0 saturated carbocycles. The van der Waals surface area contributed by atoms with Gasteiger partial charge in [0.1, 0.15) is 23.2 Å². The van der Waals surface area contributed by atoms with Crippen LogP contribution in [0.1, 0.15) is 56.2 Å². The van der Waals surface area contributed by atoms with Crippen LogP contribution in [-0.4, -0.2) is 54.4 Å². The molecule has 1 N–H and O–H groups in total. The number of hydrogen-bond donors (Lipinski definition) is 1. The van der Waals surface area contributed by atoms with Crippen LogP contribution in [0, 0.1) is 6.92 Å². The van der Waals surface area contributed by atoms with Crippen molar-refractivity contribution in [1.29, 1.82) is 0 Å². The van der Waals surface area contributed by atoms with Crippen molar-refractivity contribution >= 4 is 27.7 Å². The number of nitrogens with zero attached hydrogens (tertiary/aromatic N) is 2. The molecule has 1 saturated heterocycles. The number of carbonyl (C=O) groups excluding carboxylic acids is 2. The minimum absolute atomic E-state index is 0.0301. The molecule has 0 bridgehead atoms. The van der Waals surface area contributed by atoms with E-state index < -0.39 is 51.7 Å². The molecule has 0 aliphatic carbocycles. The van der Waals surface area contributed by atoms with Crippen LogP contribution in [0.25, 0.3) is 0 Å². The lowest BCUT2D eigenvalue weighted by Gasteiger charge is -2.33. The third-order valence-corrected chi connectivity index (χ3v) is 7.64. The molecule has 2 aromatic carbocycles. The SMILES string of the molecule is CO[C@@H](C(=O)N1/C(=N/S(=O)(=O)c2ccc(C)cc2)C[C@](O)(C(=O)OC(C)(C)C)[C@H]1c1ccco1)c1ccccc1. The third kappa shape index (κ3) is 5.86. The molecule has 1 aliphatic rings. The van der Waals surface area contributed by atoms with Gasteiger partial charge in [-0.3, -0.25) is 9.69 Å². The Hall–Kier alpha value is -3.80. The van der Waals surface area contributed by atoms with Crippen LogP contribution in [0.4, 0.5) is 0 Å². The molecule has 4 rings (SSSR count). The fraction of sp³-hybridized carbons (Fsp3) is 0.345. The summed E-state index contributed by atoms with van der Waals surface area (Å²) in [4.78, 5) is 28.5. The number of benzene rings is 2. The summed E-state index contributed by atoms with van der Waals surface area (Å²) in [7, 11) is -3.04. The standard InChI is InChI=1S/C29H32N2O8S/c1-19-13-15-21(16-14-19)40(35,36)30-23-18-29(34,27(33)39-28(2,3)4)25(22-12-9-17-38-22)31(23)26(32)24(37-5)20-10-7-6-8-11-20/h6-17,24-25,34H,18H2,1-5H3/b30-23+/t24-,25-,29-/m1/s1. The van der Waals surface area contributed by atoms with Gasteiger partial charge in [-0.15, -0.1) is 4.40 Å². The number of sulfonamides is 1. The summed E-state index contributed by atoms with van der Waals surface area (Å²) in [6.07, 6.45) is -0.543. The van der Waals surface area contributed by atoms with E-state index in [9.17, 15) is 23.1 Å². The normalized spacial score (nSPS) is 21.4. The Bertz CT molecular complexity index is 1490. The number of ether oxygens (including phenoxy) is 2. The van der Waals surface area contributed by atoms with Gasteiger partial charge in [-0.1, -0.05) is 48.0 Å². The number of aryl methyl sites for hydroxylation is 1. The van der Waals surface area contributed by atoms with E-state index in [4.69, 9.17) is 13.9 Å². The molecule has 1 aromatic heterocycles. The second kappa shape index (κ2) is 11.0. The number of amides is 1. The zero-order chi connectivity index (χ0) is 29.3. The lowest BCUT2D eigenvalue weighted by Crippen LogP contribution is -2.49. The molecular formula is C29H32N2O8S. The molecule has 1 fully saturated rings. The van der Waals surface area contributed by atoms with Gasteiger partial charge in [0, 0.05) is 13.5 Å². The summed E-state index contributed by atoms with van der Waals surface area (Å²) in [6.45, 7) is 6.69. The second-order valence-corrected chi connectivity index (χ2v) is 12.2. The monoisotopic (exact) mass is 568 g/mol. The van der Waals surface area contributed by atoms with Gasteiger partial charge in [-0.05, 0) is 57.5 Å². The predicted octanol–water partition coefficient (Wildman–Crippen LogP) is 4.11. The molecule has 212 valence electrons. The fourth-order valence-electron chi connectivity index (χ4n) is 4.51. The van der Waals surface area contributed by atoms with Crippen molar-refractivity contribution in [2.75, 3.05) is 7.11 Å². The van der Waals surface area contributed by atoms with Gasteiger partial charge < -0.3 is 19.0 Å². The first-order valence-corrected chi connectivity index (χ1v) is 14.0. The highest BCUT2D eigenvalue weighted by Crippen LogP contribution is 2.45. The first-order valence-electron chi connectivity index (χ1n) is 12.6. The highest BCUT2D eigenvalue weighted by atomic mass is 32.2. The van der Waals surface area contributed by atoms with E-state index in [0.29, 0.717) is 5.56 Å². The van der Waals surface area contributed by atoms with Crippen molar-refractivity contribution < 1.29 is 37.0 Å². The van der Waals surface area contributed by atoms with Crippen molar-refractivity contribution in [2.45, 2.75) is 62.4 Å². The maximum atomic E-state index is 14.2. The lowest BCUT2D eigenvalue weighted by atomic mass is 9.92. The van der Waals surface area contributed by atoms with E-state index in [1.165, 1.54) is 37.6 Å². The van der Waals surface area contributed by atoms with Crippen molar-refractivity contribution in [3.05, 3.63) is 89.9 Å². The average Bonchev–Trinajstić information content (AvgIpc) is 3.50. The largest absolute Gasteiger partial charge is 0.467 e. The molecule has 0 spiro atoms. The van der Waals surface area contributed by atoms with Crippen LogP contribution >= 0.6 is 0 Å². The van der Waals surface area contributed by atoms with Crippen LogP contribution in [0.5, 0.6) is 0 Å². The summed E-state index contributed by atoms with van der Waals surface area (Å²) in [6, 6.07) is 16.1. The van der Waals surface area contributed by atoms with E-state index in [1.807, 2.05) is 6.92 Å². The van der Waals surface area contributed by atoms with Crippen molar-refractivity contribution in [3.63, 3.8) is 0 Å². The smallest absolute Gasteiger partial charge is 0.341 e. The molecule has 3 aromatic rings. The summed E-state index contributed by atoms with van der Waals surface area (Å²) in [5.74, 6) is -2.15. The van der Waals surface area contributed by atoms with Crippen LogP contribution in [-0.2, 0) is 29.1 Å². The maximum absolute atomic E-state index is 14.2. The Balaban J connectivity index is 1.92. The highest BCUT2D eigenvalue weighted by Gasteiger charge is 2.61. The number of likely N-dealkylation sites (tertiary alicyclic amines) is 1. The molecule has 10 nitrogen and oxygen atoms in total. The Morgan fingerprint density at radius 3 is 2.27 bits per heavy atom. The number of hydrogen-bond acceptors (Lipinski definition) is 8. The number of carbonyl (C=O) groups is 2. The topological polar surface area (TPSA) is 136 Å². The molecule has 0 radical (unpaired) electrons. The maximum Gasteiger partial charge on any atom is 0.341 e. The molecular weight excluding hydrogens is 536 g/mol. The van der Waals surface area contributed by atoms with Gasteiger partial charge in [0.25, 0.3) is 15.9 Å². The first-order chi connectivity index (χ1) is 18.8. The van der Waals surface area contributed by atoms with Crippen LogP contribution in [0.15, 0.2) is 86.7 Å². The summed E-state index contributed by atoms with van der Waals surface area (Å²) in [5, 5.41) is 11.9. The van der Waals surface area contributed by atoms with Gasteiger partial charge in [-0.25, -0.2) is 4.79 Å². The first kappa shape index (κ1) is 29.2. The number of methoxy groups -OCH3 is 1. The zero-order valence-corrected chi connectivity index (χ0v) is 23.7. The van der Waals surface area contributed by atoms with E-state index in [-0.39, 0.29) is 16.5 Å². The molecule has 1 aliphatic heterocycles. The molecule has 11 heteroatoms. The molecule has 40 heavy (non-hydrogen) atoms. The second-order valence-electron chi connectivity index (χ2n) is 10.6. The Labute approximate surface area is 233 Å². The van der Waals surface area contributed by atoms with Gasteiger partial charge in [0.2, 0.25) is 0 Å². The number of aliphatic hydroxyl groups is 1. The quantitative estimate of drug-likeness (QED) is 0.421. The zero-order valence-electron chi connectivity index (χ0n) is 22.9. The molecule has 2 heterocycles. The Morgan fingerprint density at radius 1 is 1.07 bits per heavy atom. The fourth-order valence-corrected chi connectivity index (χ4v) is 5.53. The van der Waals surface area contributed by atoms with E-state index in [0.717, 1.165) is 10.5 Å². The molecule has 1 amide bonds. The number of amidine groups is 1. The molecule has 0 unspecified atom stereocenters. The predicted molar refractivity (Wildman–Crippen MR) is 146 cm³/mol. The van der Waals surface area contributed by atoms with Crippen molar-refractivity contribution in [1.82, 2.24) is 4.90 Å². The third-order valence-electron chi connectivity index (χ3n) is 6.33. The number of furan rings is 1. The van der Waals surface area contributed by atoms with E-state index in [1.54, 1.807) is 63.2 Å². The van der Waals surface area contributed by atoms with Crippen LogP contribution < -0.4 is 0 Å². The summed E-state index contributed by atoms with van der Waals surface area (Å²) < 4.78 is 47.4. The lowest BCUT2D eigenvalue weighted by molar-refractivity contribution is -0.181. The van der Waals surface area contributed by atoms with Gasteiger partial charge in [0.15, 0.2) is 11.7 Å². The average molecular weight is 569 g/mol. The van der Waals surface area contributed by atoms with Crippen LogP contribution in [0.2, 0.25) is 0 Å².